The number of halogens is 8. The van der Waals surface area contributed by atoms with Gasteiger partial charge in [-0.25, -0.2) is 26.9 Å². The summed E-state index contributed by atoms with van der Waals surface area (Å²) in [4.78, 5) is 18.8. The first-order chi connectivity index (χ1) is 31.2. The number of aryl methyl sites for hydroxylation is 1. The largest absolute Gasteiger partial charge is 0.435 e. The van der Waals surface area contributed by atoms with Crippen LogP contribution in [0.5, 0.6) is 0 Å². The van der Waals surface area contributed by atoms with Gasteiger partial charge in [0.15, 0.2) is 21.3 Å². The number of hydrogen-bond donors (Lipinski definition) is 3. The number of rotatable bonds is 12. The number of amides is 1. The molecule has 3 aliphatic carbocycles. The van der Waals surface area contributed by atoms with Crippen molar-refractivity contribution in [3.05, 3.63) is 98.9 Å². The Kier molecular flexibility index (Phi) is 10.7. The number of carbonyl (C=O) groups is 1. The zero-order valence-electron chi connectivity index (χ0n) is 36.0. The molecule has 0 aliphatic heterocycles. The zero-order valence-corrected chi connectivity index (χ0v) is 37.5. The van der Waals surface area contributed by atoms with Crippen LogP contribution in [-0.2, 0) is 45.8 Å². The Morgan fingerprint density at radius 1 is 1.04 bits per heavy atom. The molecule has 0 saturated heterocycles. The molecule has 4 N–H and O–H groups in total. The normalized spacial score (nSPS) is 18.8. The van der Waals surface area contributed by atoms with Gasteiger partial charge >= 0.3 is 12.2 Å². The number of pyridine rings is 1. The summed E-state index contributed by atoms with van der Waals surface area (Å²) in [5.41, 5.74) is 0.927. The van der Waals surface area contributed by atoms with Gasteiger partial charge in [0.25, 0.3) is 5.92 Å². The highest BCUT2D eigenvalue weighted by atomic mass is 35.5. The number of carbonyl (C=O) groups excluding carboxylic acids is 1. The topological polar surface area (TPSA) is 197 Å². The predicted octanol–water partition coefficient (Wildman–Crippen LogP) is 8.11. The first-order valence-electron chi connectivity index (χ1n) is 20.8. The minimum Gasteiger partial charge on any atom is -0.405 e. The maximum atomic E-state index is 16.3. The maximum absolute atomic E-state index is 16.3. The third-order valence-electron chi connectivity index (χ3n) is 12.3. The van der Waals surface area contributed by atoms with E-state index in [-0.39, 0.29) is 72.8 Å². The van der Waals surface area contributed by atoms with E-state index in [0.717, 1.165) is 12.1 Å². The monoisotopic (exact) mass is 973 g/mol. The van der Waals surface area contributed by atoms with Crippen molar-refractivity contribution in [2.24, 2.45) is 18.7 Å². The number of nitrogens with zero attached hydrogens (tertiary/aromatic N) is 7. The van der Waals surface area contributed by atoms with Gasteiger partial charge in [-0.2, -0.15) is 32.1 Å². The van der Waals surface area contributed by atoms with Crippen molar-refractivity contribution < 1.29 is 53.5 Å². The number of nitrogens with one attached hydrogen (secondary N) is 1. The lowest BCUT2D eigenvalue weighted by Gasteiger charge is -2.29. The summed E-state index contributed by atoms with van der Waals surface area (Å²) in [6.45, 7) is 5.67. The van der Waals surface area contributed by atoms with Crippen LogP contribution in [0.4, 0.5) is 42.6 Å². The smallest absolute Gasteiger partial charge is 0.405 e. The van der Waals surface area contributed by atoms with E-state index in [4.69, 9.17) is 26.7 Å². The standard InChI is InChI=1S/C44H39ClF7N9O5S/c1-41(2,67(64,65)23-7-8-23)13-12-22-6-9-24(25-10-11-29(45)31-33(25)60(5)59-38(31)55-40-57-56-39(66-40)42(3,4)63)32(54-22)27(16-19-14-20(46)17-21(47)15-19)34(37(53)62)61-36-30(35(58-61)44(50,51)52)26-18-28(26)43(36,48)49/h6,9-11,14-15,17,23,26-28,34,63H,7-8,16,18H2,1-5H3,(H2,53,62)(H,55,57,59)/t26-,27+,28+,34?/m0/s1. The van der Waals surface area contributed by atoms with Gasteiger partial charge in [-0.1, -0.05) is 28.7 Å². The number of primary amides is 1. The molecule has 23 heteroatoms. The minimum absolute atomic E-state index is 0.0563. The number of aromatic nitrogens is 7. The van der Waals surface area contributed by atoms with E-state index in [2.05, 4.69) is 37.6 Å². The molecule has 4 heterocycles. The number of sulfone groups is 1. The molecule has 14 nitrogen and oxygen atoms in total. The Morgan fingerprint density at radius 3 is 2.33 bits per heavy atom. The molecule has 352 valence electrons. The van der Waals surface area contributed by atoms with Crippen LogP contribution in [0, 0.1) is 29.4 Å². The van der Waals surface area contributed by atoms with Crippen molar-refractivity contribution >= 4 is 50.1 Å². The van der Waals surface area contributed by atoms with Crippen molar-refractivity contribution in [2.45, 2.75) is 99.0 Å². The van der Waals surface area contributed by atoms with E-state index in [9.17, 15) is 40.3 Å². The minimum atomic E-state index is -5.25. The Labute approximate surface area is 382 Å². The van der Waals surface area contributed by atoms with Gasteiger partial charge in [-0.3, -0.25) is 14.8 Å². The molecule has 2 saturated carbocycles. The summed E-state index contributed by atoms with van der Waals surface area (Å²) < 4.78 is 139. The SMILES string of the molecule is Cn1nc(Nc2nnc(C(C)(C)O)o2)c2c(Cl)ccc(-c3ccc(C#CC(C)(C)S(=O)(=O)C4CC4)nc3[C@@H](Cc3cc(F)cc(F)c3)C(C(N)=O)n3nc(C(F)(F)F)c4c3C(F)(F)[C@@H]3C[C@H]43)c21. The van der Waals surface area contributed by atoms with Crippen LogP contribution < -0.4 is 11.1 Å². The fourth-order valence-electron chi connectivity index (χ4n) is 8.90. The Balaban J connectivity index is 1.30. The van der Waals surface area contributed by atoms with Crippen molar-refractivity contribution in [3.8, 4) is 23.0 Å². The second kappa shape index (κ2) is 15.5. The van der Waals surface area contributed by atoms with Gasteiger partial charge in [0.1, 0.15) is 39.4 Å². The summed E-state index contributed by atoms with van der Waals surface area (Å²) in [5, 5.41) is 29.0. The van der Waals surface area contributed by atoms with Gasteiger partial charge in [0, 0.05) is 41.6 Å². The summed E-state index contributed by atoms with van der Waals surface area (Å²) in [6, 6.07) is 5.71. The van der Waals surface area contributed by atoms with Crippen molar-refractivity contribution in [3.63, 3.8) is 0 Å². The molecule has 0 bridgehead atoms. The van der Waals surface area contributed by atoms with Crippen LogP contribution in [0.15, 0.2) is 46.9 Å². The second-order valence-electron chi connectivity index (χ2n) is 18.1. The molecule has 6 aromatic rings. The number of nitrogens with two attached hydrogens (primary N) is 1. The lowest BCUT2D eigenvalue weighted by atomic mass is 9.84. The second-order valence-corrected chi connectivity index (χ2v) is 21.3. The molecule has 3 aliphatic rings. The lowest BCUT2D eigenvalue weighted by Crippen LogP contribution is -2.37. The van der Waals surface area contributed by atoms with Gasteiger partial charge < -0.3 is 15.3 Å². The van der Waals surface area contributed by atoms with Crippen molar-refractivity contribution in [1.82, 2.24) is 34.7 Å². The first kappa shape index (κ1) is 46.1. The molecule has 9 rings (SSSR count). The summed E-state index contributed by atoms with van der Waals surface area (Å²) in [5.74, 6) is -6.54. The number of aliphatic hydroxyl groups is 1. The van der Waals surface area contributed by atoms with Gasteiger partial charge in [-0.15, -0.1) is 5.10 Å². The molecule has 1 unspecified atom stereocenters. The third-order valence-corrected chi connectivity index (χ3v) is 15.5. The lowest BCUT2D eigenvalue weighted by molar-refractivity contribution is -0.142. The third kappa shape index (κ3) is 7.97. The maximum Gasteiger partial charge on any atom is 0.435 e. The van der Waals surface area contributed by atoms with E-state index in [1.807, 2.05) is 0 Å². The summed E-state index contributed by atoms with van der Waals surface area (Å²) in [7, 11) is -2.25. The van der Waals surface area contributed by atoms with Crippen LogP contribution in [0.3, 0.4) is 0 Å². The summed E-state index contributed by atoms with van der Waals surface area (Å²) in [6.07, 6.45) is -5.28. The molecule has 4 atom stereocenters. The number of fused-ring (bicyclic) bond motifs is 4. The van der Waals surface area contributed by atoms with Gasteiger partial charge in [0.05, 0.1) is 26.9 Å². The average molecular weight is 974 g/mol. The number of hydrogen-bond acceptors (Lipinski definition) is 11. The molecule has 0 radical (unpaired) electrons. The Hall–Kier alpha value is -6.05. The Bertz CT molecular complexity index is 3200. The van der Waals surface area contributed by atoms with Crippen LogP contribution in [0.1, 0.15) is 105 Å². The number of benzene rings is 2. The highest BCUT2D eigenvalue weighted by Crippen LogP contribution is 2.69. The van der Waals surface area contributed by atoms with Gasteiger partial charge in [0.2, 0.25) is 11.8 Å². The van der Waals surface area contributed by atoms with Crippen LogP contribution in [0.25, 0.3) is 22.0 Å². The fourth-order valence-corrected chi connectivity index (χ4v) is 10.9. The predicted molar refractivity (Wildman–Crippen MR) is 228 cm³/mol. The molecule has 67 heavy (non-hydrogen) atoms. The van der Waals surface area contributed by atoms with Gasteiger partial charge in [-0.05, 0) is 101 Å². The van der Waals surface area contributed by atoms with Crippen LogP contribution >= 0.6 is 11.6 Å². The summed E-state index contributed by atoms with van der Waals surface area (Å²) >= 11 is 6.81. The quantitative estimate of drug-likeness (QED) is 0.0792. The molecule has 2 fully saturated rings. The highest BCUT2D eigenvalue weighted by Gasteiger charge is 2.69. The van der Waals surface area contributed by atoms with Crippen molar-refractivity contribution in [1.29, 1.82) is 0 Å². The average Bonchev–Trinajstić information content (AvgIpc) is 4.09. The van der Waals surface area contributed by atoms with E-state index in [0.29, 0.717) is 18.9 Å². The Morgan fingerprint density at radius 2 is 1.72 bits per heavy atom. The van der Waals surface area contributed by atoms with E-state index >= 15 is 8.78 Å². The molecular formula is C44H39ClF7N9O5S. The molecular weight excluding hydrogens is 935 g/mol. The molecule has 1 amide bonds. The zero-order chi connectivity index (χ0) is 48.5. The van der Waals surface area contributed by atoms with Crippen molar-refractivity contribution in [2.75, 3.05) is 5.32 Å². The number of anilines is 2. The molecule has 2 aromatic carbocycles. The fraction of sp³-hybridized carbons (Fsp3) is 0.409. The number of alkyl halides is 5. The molecule has 0 spiro atoms. The molecule has 4 aromatic heterocycles. The first-order valence-corrected chi connectivity index (χ1v) is 22.7. The highest BCUT2D eigenvalue weighted by molar-refractivity contribution is 7.93. The van der Waals surface area contributed by atoms with Crippen LogP contribution in [-0.4, -0.2) is 64.2 Å². The van der Waals surface area contributed by atoms with E-state index < -0.39 is 102 Å². The van der Waals surface area contributed by atoms with E-state index in [1.165, 1.54) is 63.7 Å². The van der Waals surface area contributed by atoms with Crippen LogP contribution in [0.2, 0.25) is 5.02 Å². The van der Waals surface area contributed by atoms with E-state index in [1.54, 1.807) is 0 Å².